The van der Waals surface area contributed by atoms with E-state index in [1.54, 1.807) is 0 Å². The molecule has 0 saturated heterocycles. The number of nitrogens with zero attached hydrogens (tertiary/aromatic N) is 2. The van der Waals surface area contributed by atoms with E-state index < -0.39 is 5.91 Å². The first kappa shape index (κ1) is 10.4. The average molecular weight is 194 g/mol. The van der Waals surface area contributed by atoms with Crippen molar-refractivity contribution in [2.75, 3.05) is 5.32 Å². The van der Waals surface area contributed by atoms with Crippen LogP contribution >= 0.6 is 0 Å². The minimum atomic E-state index is -0.514. The SMILES string of the molecule is CCC(C)Nc1ncc(C(N)=O)cn1. The van der Waals surface area contributed by atoms with Crippen LogP contribution in [-0.4, -0.2) is 21.9 Å². The van der Waals surface area contributed by atoms with Gasteiger partial charge in [-0.3, -0.25) is 4.79 Å². The van der Waals surface area contributed by atoms with Gasteiger partial charge in [-0.1, -0.05) is 6.92 Å². The van der Waals surface area contributed by atoms with Gasteiger partial charge in [-0.05, 0) is 13.3 Å². The maximum atomic E-state index is 10.7. The Balaban J connectivity index is 2.68. The number of anilines is 1. The normalized spacial score (nSPS) is 12.1. The molecule has 5 heteroatoms. The van der Waals surface area contributed by atoms with Crippen molar-refractivity contribution in [1.82, 2.24) is 9.97 Å². The summed E-state index contributed by atoms with van der Waals surface area (Å²) in [5.74, 6) is 0.00411. The molecule has 0 aromatic carbocycles. The lowest BCUT2D eigenvalue weighted by Crippen LogP contribution is -2.17. The summed E-state index contributed by atoms with van der Waals surface area (Å²) in [6.45, 7) is 4.10. The summed E-state index contributed by atoms with van der Waals surface area (Å²) in [5, 5.41) is 3.08. The maximum absolute atomic E-state index is 10.7. The van der Waals surface area contributed by atoms with E-state index in [1.165, 1.54) is 12.4 Å². The van der Waals surface area contributed by atoms with E-state index >= 15 is 0 Å². The summed E-state index contributed by atoms with van der Waals surface area (Å²) in [5.41, 5.74) is 5.37. The Kier molecular flexibility index (Phi) is 3.39. The van der Waals surface area contributed by atoms with Gasteiger partial charge in [0.2, 0.25) is 5.95 Å². The maximum Gasteiger partial charge on any atom is 0.251 e. The Morgan fingerprint density at radius 2 is 2.14 bits per heavy atom. The van der Waals surface area contributed by atoms with Gasteiger partial charge in [-0.25, -0.2) is 9.97 Å². The van der Waals surface area contributed by atoms with Crippen molar-refractivity contribution < 1.29 is 4.79 Å². The van der Waals surface area contributed by atoms with Crippen LogP contribution in [0.15, 0.2) is 12.4 Å². The lowest BCUT2D eigenvalue weighted by molar-refractivity contribution is 0.0999. The van der Waals surface area contributed by atoms with E-state index in [4.69, 9.17) is 5.73 Å². The molecule has 1 aromatic heterocycles. The molecule has 14 heavy (non-hydrogen) atoms. The van der Waals surface area contributed by atoms with Crippen molar-refractivity contribution in [2.24, 2.45) is 5.73 Å². The Hall–Kier alpha value is -1.65. The summed E-state index contributed by atoms with van der Waals surface area (Å²) in [6, 6.07) is 0.314. The van der Waals surface area contributed by atoms with Gasteiger partial charge in [0, 0.05) is 18.4 Å². The Morgan fingerprint density at radius 3 is 2.57 bits per heavy atom. The Labute approximate surface area is 82.7 Å². The zero-order chi connectivity index (χ0) is 10.6. The first-order valence-electron chi connectivity index (χ1n) is 4.52. The molecule has 0 fully saturated rings. The molecule has 1 atom stereocenters. The van der Waals surface area contributed by atoms with Gasteiger partial charge >= 0.3 is 0 Å². The molecule has 1 rings (SSSR count). The van der Waals surface area contributed by atoms with Crippen LogP contribution in [0.1, 0.15) is 30.6 Å². The van der Waals surface area contributed by atoms with Gasteiger partial charge < -0.3 is 11.1 Å². The van der Waals surface area contributed by atoms with E-state index in [1.807, 2.05) is 6.92 Å². The van der Waals surface area contributed by atoms with Crippen LogP contribution in [0, 0.1) is 0 Å². The predicted molar refractivity (Wildman–Crippen MR) is 53.9 cm³/mol. The first-order valence-corrected chi connectivity index (χ1v) is 4.52. The molecule has 0 saturated carbocycles. The Morgan fingerprint density at radius 1 is 1.57 bits per heavy atom. The van der Waals surface area contributed by atoms with E-state index in [-0.39, 0.29) is 0 Å². The van der Waals surface area contributed by atoms with Crippen molar-refractivity contribution in [3.05, 3.63) is 18.0 Å². The third-order valence-corrected chi connectivity index (χ3v) is 1.92. The van der Waals surface area contributed by atoms with Gasteiger partial charge in [0.1, 0.15) is 0 Å². The molecule has 5 nitrogen and oxygen atoms in total. The second-order valence-electron chi connectivity index (χ2n) is 3.11. The van der Waals surface area contributed by atoms with Gasteiger partial charge in [-0.2, -0.15) is 0 Å². The zero-order valence-electron chi connectivity index (χ0n) is 8.32. The van der Waals surface area contributed by atoms with Crippen molar-refractivity contribution in [3.8, 4) is 0 Å². The quantitative estimate of drug-likeness (QED) is 0.742. The second-order valence-corrected chi connectivity index (χ2v) is 3.11. The number of amides is 1. The summed E-state index contributed by atoms with van der Waals surface area (Å²) in [6.07, 6.45) is 3.82. The Bertz CT molecular complexity index is 309. The topological polar surface area (TPSA) is 80.9 Å². The van der Waals surface area contributed by atoms with Crippen LogP contribution in [0.4, 0.5) is 5.95 Å². The monoisotopic (exact) mass is 194 g/mol. The van der Waals surface area contributed by atoms with E-state index in [0.717, 1.165) is 6.42 Å². The number of rotatable bonds is 4. The molecule has 1 unspecified atom stereocenters. The molecule has 0 aliphatic carbocycles. The number of primary amides is 1. The van der Waals surface area contributed by atoms with Crippen LogP contribution in [0.3, 0.4) is 0 Å². The van der Waals surface area contributed by atoms with E-state index in [0.29, 0.717) is 17.6 Å². The standard InChI is InChI=1S/C9H14N4O/c1-3-6(2)13-9-11-4-7(5-12-9)8(10)14/h4-6H,3H2,1-2H3,(H2,10,14)(H,11,12,13). The minimum Gasteiger partial charge on any atom is -0.366 e. The number of aromatic nitrogens is 2. The fourth-order valence-corrected chi connectivity index (χ4v) is 0.852. The number of hydrogen-bond acceptors (Lipinski definition) is 4. The summed E-state index contributed by atoms with van der Waals surface area (Å²) in [4.78, 5) is 18.6. The largest absolute Gasteiger partial charge is 0.366 e. The van der Waals surface area contributed by atoms with Crippen molar-refractivity contribution >= 4 is 11.9 Å². The molecule has 0 aliphatic rings. The molecule has 3 N–H and O–H groups in total. The van der Waals surface area contributed by atoms with Crippen molar-refractivity contribution in [2.45, 2.75) is 26.3 Å². The molecule has 76 valence electrons. The molecular weight excluding hydrogens is 180 g/mol. The lowest BCUT2D eigenvalue weighted by Gasteiger charge is -2.10. The van der Waals surface area contributed by atoms with E-state index in [9.17, 15) is 4.79 Å². The smallest absolute Gasteiger partial charge is 0.251 e. The molecule has 0 aliphatic heterocycles. The average Bonchev–Trinajstić information content (AvgIpc) is 2.18. The number of carbonyl (C=O) groups is 1. The highest BCUT2D eigenvalue weighted by molar-refractivity contribution is 5.92. The predicted octanol–water partition coefficient (Wildman–Crippen LogP) is 0.786. The highest BCUT2D eigenvalue weighted by atomic mass is 16.1. The zero-order valence-corrected chi connectivity index (χ0v) is 8.32. The van der Waals surface area contributed by atoms with Crippen LogP contribution in [0.5, 0.6) is 0 Å². The third kappa shape index (κ3) is 2.69. The number of nitrogens with one attached hydrogen (secondary N) is 1. The van der Waals surface area contributed by atoms with Gasteiger partial charge in [0.15, 0.2) is 0 Å². The molecule has 0 radical (unpaired) electrons. The van der Waals surface area contributed by atoms with Gasteiger partial charge in [-0.15, -0.1) is 0 Å². The fourth-order valence-electron chi connectivity index (χ4n) is 0.852. The van der Waals surface area contributed by atoms with Gasteiger partial charge in [0.25, 0.3) is 5.91 Å². The van der Waals surface area contributed by atoms with Crippen LogP contribution in [0.2, 0.25) is 0 Å². The van der Waals surface area contributed by atoms with Gasteiger partial charge in [0.05, 0.1) is 5.56 Å². The van der Waals surface area contributed by atoms with Crippen LogP contribution in [0.25, 0.3) is 0 Å². The minimum absolute atomic E-state index is 0.314. The van der Waals surface area contributed by atoms with Crippen molar-refractivity contribution in [1.29, 1.82) is 0 Å². The highest BCUT2D eigenvalue weighted by Gasteiger charge is 2.03. The molecule has 1 aromatic rings. The van der Waals surface area contributed by atoms with Crippen LogP contribution in [-0.2, 0) is 0 Å². The van der Waals surface area contributed by atoms with Crippen molar-refractivity contribution in [3.63, 3.8) is 0 Å². The fraction of sp³-hybridized carbons (Fsp3) is 0.444. The molecule has 0 bridgehead atoms. The number of carbonyl (C=O) groups excluding carboxylic acids is 1. The second kappa shape index (κ2) is 4.55. The van der Waals surface area contributed by atoms with E-state index in [2.05, 4.69) is 22.2 Å². The molecule has 1 heterocycles. The summed E-state index contributed by atoms with van der Waals surface area (Å²) < 4.78 is 0. The number of nitrogens with two attached hydrogens (primary N) is 1. The lowest BCUT2D eigenvalue weighted by atomic mass is 10.3. The number of hydrogen-bond donors (Lipinski definition) is 2. The van der Waals surface area contributed by atoms with Crippen LogP contribution < -0.4 is 11.1 Å². The molecule has 0 spiro atoms. The molecule has 1 amide bonds. The first-order chi connectivity index (χ1) is 6.63. The third-order valence-electron chi connectivity index (χ3n) is 1.92. The summed E-state index contributed by atoms with van der Waals surface area (Å²) in [7, 11) is 0. The highest BCUT2D eigenvalue weighted by Crippen LogP contribution is 2.02. The summed E-state index contributed by atoms with van der Waals surface area (Å²) >= 11 is 0. The molecular formula is C9H14N4O.